The summed E-state index contributed by atoms with van der Waals surface area (Å²) in [5, 5.41) is 19.7. The summed E-state index contributed by atoms with van der Waals surface area (Å²) in [5.41, 5.74) is 1.43. The van der Waals surface area contributed by atoms with Crippen LogP contribution in [-0.4, -0.2) is 34.1 Å². The van der Waals surface area contributed by atoms with Gasteiger partial charge in [-0.2, -0.15) is 0 Å². The molecule has 0 aliphatic carbocycles. The van der Waals surface area contributed by atoms with Crippen LogP contribution >= 0.6 is 0 Å². The number of carbonyl (C=O) groups is 4. The van der Waals surface area contributed by atoms with Gasteiger partial charge in [0.05, 0.1) is 22.3 Å². The highest BCUT2D eigenvalue weighted by atomic mass is 16.6. The predicted octanol–water partition coefficient (Wildman–Crippen LogP) is 6.34. The molecule has 0 unspecified atom stereocenters. The van der Waals surface area contributed by atoms with E-state index in [4.69, 9.17) is 19.7 Å². The van der Waals surface area contributed by atoms with E-state index in [-0.39, 0.29) is 33.8 Å². The van der Waals surface area contributed by atoms with Crippen molar-refractivity contribution in [3.63, 3.8) is 0 Å². The zero-order chi connectivity index (χ0) is 28.2. The van der Waals surface area contributed by atoms with Gasteiger partial charge < -0.3 is 19.7 Å². The fourth-order valence-corrected chi connectivity index (χ4v) is 4.40. The molecule has 0 spiro atoms. The van der Waals surface area contributed by atoms with Gasteiger partial charge in [-0.05, 0) is 52.2 Å². The fraction of sp³-hybridized carbons (Fsp3) is 0. The molecule has 1 heterocycles. The molecule has 1 aliphatic rings. The number of para-hydroxylation sites is 2. The van der Waals surface area contributed by atoms with Crippen LogP contribution in [0.5, 0.6) is 11.5 Å². The molecule has 8 heteroatoms. The van der Waals surface area contributed by atoms with E-state index in [1.807, 2.05) is 18.2 Å². The SMILES string of the molecule is O=C(O)c1ccccc1-c1ccccc1C(=O)O.O=C1Oc2ccccc2OC(=O)c2c1ccc1ccccc21. The minimum absolute atomic E-state index is 0.0891. The second kappa shape index (κ2) is 10.9. The Morgan fingerprint density at radius 1 is 0.500 bits per heavy atom. The van der Waals surface area contributed by atoms with Crippen molar-refractivity contribution >= 4 is 34.6 Å². The number of esters is 2. The third-order valence-corrected chi connectivity index (χ3v) is 6.21. The van der Waals surface area contributed by atoms with Gasteiger partial charge in [-0.25, -0.2) is 19.2 Å². The number of hydrogen-bond acceptors (Lipinski definition) is 6. The van der Waals surface area contributed by atoms with Crippen molar-refractivity contribution < 1.29 is 38.9 Å². The normalized spacial score (nSPS) is 11.9. The molecule has 0 fully saturated rings. The van der Waals surface area contributed by atoms with Crippen LogP contribution in [0.15, 0.2) is 109 Å². The summed E-state index contributed by atoms with van der Waals surface area (Å²) >= 11 is 0. The number of benzene rings is 5. The van der Waals surface area contributed by atoms with Crippen LogP contribution in [0.1, 0.15) is 41.4 Å². The van der Waals surface area contributed by atoms with Gasteiger partial charge in [0.25, 0.3) is 0 Å². The van der Waals surface area contributed by atoms with Gasteiger partial charge in [-0.1, -0.05) is 78.9 Å². The summed E-state index contributed by atoms with van der Waals surface area (Å²) in [6, 6.07) is 30.0. The molecule has 0 aromatic heterocycles. The summed E-state index contributed by atoms with van der Waals surface area (Å²) in [6.07, 6.45) is 0. The van der Waals surface area contributed by atoms with Crippen LogP contribution in [-0.2, 0) is 0 Å². The molecule has 0 amide bonds. The lowest BCUT2D eigenvalue weighted by molar-refractivity contribution is 0.0650. The Labute approximate surface area is 227 Å². The standard InChI is InChI=1S/C18H10O4.C14H10O4/c19-17-13-10-9-11-5-1-2-6-12(11)16(13)18(20)22-15-8-4-3-7-14(15)21-17;15-13(16)11-7-3-1-5-9(11)10-6-2-4-8-12(10)14(17)18/h1-10H;1-8H,(H,15,16)(H,17,18). The maximum atomic E-state index is 12.6. The molecule has 0 atom stereocenters. The molecule has 5 aromatic rings. The van der Waals surface area contributed by atoms with Crippen molar-refractivity contribution in [2.75, 3.05) is 0 Å². The second-order valence-electron chi connectivity index (χ2n) is 8.64. The van der Waals surface area contributed by atoms with Gasteiger partial charge in [0.15, 0.2) is 11.5 Å². The molecule has 6 rings (SSSR count). The molecule has 1 aliphatic heterocycles. The van der Waals surface area contributed by atoms with Crippen LogP contribution in [0.25, 0.3) is 21.9 Å². The Bertz CT molecular complexity index is 1750. The highest BCUT2D eigenvalue weighted by molar-refractivity contribution is 6.14. The summed E-state index contributed by atoms with van der Waals surface area (Å²) in [5.74, 6) is -2.81. The van der Waals surface area contributed by atoms with Gasteiger partial charge in [0.1, 0.15) is 0 Å². The number of ether oxygens (including phenoxy) is 2. The highest BCUT2D eigenvalue weighted by Crippen LogP contribution is 2.33. The first-order valence-electron chi connectivity index (χ1n) is 12.1. The molecular formula is C32H20O8. The van der Waals surface area contributed by atoms with Crippen LogP contribution in [0.3, 0.4) is 0 Å². The van der Waals surface area contributed by atoms with E-state index < -0.39 is 23.9 Å². The van der Waals surface area contributed by atoms with Crippen molar-refractivity contribution in [2.45, 2.75) is 0 Å². The van der Waals surface area contributed by atoms with Crippen LogP contribution in [0.4, 0.5) is 0 Å². The monoisotopic (exact) mass is 532 g/mol. The van der Waals surface area contributed by atoms with Crippen LogP contribution < -0.4 is 9.47 Å². The van der Waals surface area contributed by atoms with E-state index in [9.17, 15) is 19.2 Å². The first-order valence-corrected chi connectivity index (χ1v) is 12.1. The smallest absolute Gasteiger partial charge is 0.345 e. The highest BCUT2D eigenvalue weighted by Gasteiger charge is 2.27. The topological polar surface area (TPSA) is 127 Å². The number of rotatable bonds is 3. The maximum Gasteiger partial charge on any atom is 0.345 e. The van der Waals surface area contributed by atoms with Gasteiger partial charge in [0, 0.05) is 0 Å². The van der Waals surface area contributed by atoms with Gasteiger partial charge in [-0.3, -0.25) is 0 Å². The fourth-order valence-electron chi connectivity index (χ4n) is 4.40. The summed E-state index contributed by atoms with van der Waals surface area (Å²) in [6.45, 7) is 0. The lowest BCUT2D eigenvalue weighted by atomic mass is 9.95. The van der Waals surface area contributed by atoms with Crippen molar-refractivity contribution in [2.24, 2.45) is 0 Å². The summed E-state index contributed by atoms with van der Waals surface area (Å²) < 4.78 is 10.7. The Morgan fingerprint density at radius 3 is 1.55 bits per heavy atom. The molecule has 8 nitrogen and oxygen atoms in total. The van der Waals surface area contributed by atoms with Crippen LogP contribution in [0, 0.1) is 0 Å². The number of hydrogen-bond donors (Lipinski definition) is 2. The first-order chi connectivity index (χ1) is 19.3. The quantitative estimate of drug-likeness (QED) is 0.204. The van der Waals surface area contributed by atoms with Gasteiger partial charge in [0.2, 0.25) is 0 Å². The third kappa shape index (κ3) is 5.01. The van der Waals surface area contributed by atoms with E-state index >= 15 is 0 Å². The lowest BCUT2D eigenvalue weighted by Gasteiger charge is -2.17. The molecule has 0 bridgehead atoms. The molecule has 40 heavy (non-hydrogen) atoms. The predicted molar refractivity (Wildman–Crippen MR) is 146 cm³/mol. The van der Waals surface area contributed by atoms with Crippen molar-refractivity contribution in [3.8, 4) is 22.6 Å². The minimum Gasteiger partial charge on any atom is -0.478 e. The van der Waals surface area contributed by atoms with Gasteiger partial charge in [-0.15, -0.1) is 0 Å². The summed E-state index contributed by atoms with van der Waals surface area (Å²) in [7, 11) is 0. The van der Waals surface area contributed by atoms with E-state index in [1.165, 1.54) is 12.1 Å². The largest absolute Gasteiger partial charge is 0.478 e. The van der Waals surface area contributed by atoms with Crippen LogP contribution in [0.2, 0.25) is 0 Å². The minimum atomic E-state index is -1.08. The zero-order valence-corrected chi connectivity index (χ0v) is 20.7. The van der Waals surface area contributed by atoms with E-state index in [0.717, 1.165) is 5.39 Å². The number of carboxylic acid groups (broad SMARTS) is 2. The third-order valence-electron chi connectivity index (χ3n) is 6.21. The van der Waals surface area contributed by atoms with Crippen molar-refractivity contribution in [1.82, 2.24) is 0 Å². The molecule has 0 saturated carbocycles. The molecule has 2 N–H and O–H groups in total. The van der Waals surface area contributed by atoms with Gasteiger partial charge >= 0.3 is 23.9 Å². The number of carboxylic acids is 2. The van der Waals surface area contributed by atoms with E-state index in [2.05, 4.69) is 0 Å². The lowest BCUT2D eigenvalue weighted by Crippen LogP contribution is -2.21. The Balaban J connectivity index is 0.000000165. The molecule has 0 radical (unpaired) electrons. The number of carbonyl (C=O) groups excluding carboxylic acids is 2. The number of aromatic carboxylic acids is 2. The van der Waals surface area contributed by atoms with E-state index in [0.29, 0.717) is 16.5 Å². The Morgan fingerprint density at radius 2 is 0.975 bits per heavy atom. The molecule has 0 saturated heterocycles. The zero-order valence-electron chi connectivity index (χ0n) is 20.7. The Kier molecular flexibility index (Phi) is 7.07. The summed E-state index contributed by atoms with van der Waals surface area (Å²) in [4.78, 5) is 47.2. The molecular weight excluding hydrogens is 512 g/mol. The maximum absolute atomic E-state index is 12.6. The molecule has 196 valence electrons. The molecule has 5 aromatic carbocycles. The van der Waals surface area contributed by atoms with Crippen molar-refractivity contribution in [3.05, 3.63) is 131 Å². The first kappa shape index (κ1) is 25.9. The second-order valence-corrected chi connectivity index (χ2v) is 8.64. The van der Waals surface area contributed by atoms with Crippen molar-refractivity contribution in [1.29, 1.82) is 0 Å². The Hall–Kier alpha value is -5.76. The number of fused-ring (bicyclic) bond motifs is 4. The average molecular weight is 533 g/mol. The average Bonchev–Trinajstić information content (AvgIpc) is 2.97. The van der Waals surface area contributed by atoms with E-state index in [1.54, 1.807) is 78.9 Å².